The smallest absolute Gasteiger partial charge is 0.0771 e. The highest BCUT2D eigenvalue weighted by Gasteiger charge is 2.27. The van der Waals surface area contributed by atoms with Gasteiger partial charge < -0.3 is 15.2 Å². The molecule has 0 bridgehead atoms. The van der Waals surface area contributed by atoms with Gasteiger partial charge in [0.1, 0.15) is 0 Å². The molecule has 0 radical (unpaired) electrons. The second-order valence-corrected chi connectivity index (χ2v) is 5.74. The van der Waals surface area contributed by atoms with Gasteiger partial charge in [-0.15, -0.1) is 0 Å². The Morgan fingerprint density at radius 2 is 1.88 bits per heavy atom. The summed E-state index contributed by atoms with van der Waals surface area (Å²) in [6.45, 7) is 2.68. The maximum atomic E-state index is 10.4. The first kappa shape index (κ1) is 13.3. The third-order valence-electron chi connectivity index (χ3n) is 4.16. The molecule has 100 valence electrons. The standard InChI is InChI=1S/C14H27NO2/c16-14(8-3-1-2-4-9-14)12-15-10-7-13-6-5-11-17-13/h13,15-16H,1-12H2. The summed E-state index contributed by atoms with van der Waals surface area (Å²) in [5.74, 6) is 0. The summed E-state index contributed by atoms with van der Waals surface area (Å²) in [4.78, 5) is 0. The predicted octanol–water partition coefficient (Wildman–Crippen LogP) is 2.23. The van der Waals surface area contributed by atoms with Crippen LogP contribution in [-0.4, -0.2) is 36.5 Å². The van der Waals surface area contributed by atoms with Crippen LogP contribution in [0.5, 0.6) is 0 Å². The summed E-state index contributed by atoms with van der Waals surface area (Å²) >= 11 is 0. The van der Waals surface area contributed by atoms with E-state index in [0.29, 0.717) is 6.10 Å². The normalized spacial score (nSPS) is 29.1. The van der Waals surface area contributed by atoms with Gasteiger partial charge in [0.15, 0.2) is 0 Å². The van der Waals surface area contributed by atoms with Crippen LogP contribution in [0, 0.1) is 0 Å². The minimum Gasteiger partial charge on any atom is -0.389 e. The van der Waals surface area contributed by atoms with Gasteiger partial charge in [0.05, 0.1) is 11.7 Å². The summed E-state index contributed by atoms with van der Waals surface area (Å²) in [5, 5.41) is 13.9. The van der Waals surface area contributed by atoms with Gasteiger partial charge in [-0.25, -0.2) is 0 Å². The Balaban J connectivity index is 1.59. The molecule has 1 saturated heterocycles. The third kappa shape index (κ3) is 4.57. The topological polar surface area (TPSA) is 41.5 Å². The van der Waals surface area contributed by atoms with E-state index in [9.17, 15) is 5.11 Å². The van der Waals surface area contributed by atoms with Crippen LogP contribution in [-0.2, 0) is 4.74 Å². The average Bonchev–Trinajstić information content (AvgIpc) is 2.74. The van der Waals surface area contributed by atoms with Crippen molar-refractivity contribution in [3.05, 3.63) is 0 Å². The van der Waals surface area contributed by atoms with Crippen LogP contribution in [0.3, 0.4) is 0 Å². The fourth-order valence-electron chi connectivity index (χ4n) is 3.02. The summed E-state index contributed by atoms with van der Waals surface area (Å²) in [6.07, 6.45) is 10.9. The minimum atomic E-state index is -0.437. The molecule has 1 saturated carbocycles. The highest BCUT2D eigenvalue weighted by atomic mass is 16.5. The zero-order chi connectivity index (χ0) is 12.0. The van der Waals surface area contributed by atoms with E-state index in [-0.39, 0.29) is 0 Å². The molecule has 1 unspecified atom stereocenters. The number of rotatable bonds is 5. The fraction of sp³-hybridized carbons (Fsp3) is 1.00. The molecule has 2 fully saturated rings. The molecule has 2 aliphatic rings. The monoisotopic (exact) mass is 241 g/mol. The quantitative estimate of drug-likeness (QED) is 0.573. The SMILES string of the molecule is OC1(CNCCC2CCCO2)CCCCCC1. The lowest BCUT2D eigenvalue weighted by Gasteiger charge is -2.27. The molecule has 0 spiro atoms. The Morgan fingerprint density at radius 1 is 1.12 bits per heavy atom. The van der Waals surface area contributed by atoms with Gasteiger partial charge in [0, 0.05) is 13.2 Å². The molecule has 0 amide bonds. The van der Waals surface area contributed by atoms with E-state index in [0.717, 1.165) is 39.0 Å². The van der Waals surface area contributed by atoms with Crippen molar-refractivity contribution in [3.8, 4) is 0 Å². The Kier molecular flexibility index (Phi) is 5.26. The number of hydrogen-bond acceptors (Lipinski definition) is 3. The van der Waals surface area contributed by atoms with E-state index >= 15 is 0 Å². The number of hydrogen-bond donors (Lipinski definition) is 2. The summed E-state index contributed by atoms with van der Waals surface area (Å²) < 4.78 is 5.59. The van der Waals surface area contributed by atoms with Crippen molar-refractivity contribution in [2.45, 2.75) is 69.5 Å². The van der Waals surface area contributed by atoms with Crippen molar-refractivity contribution in [1.82, 2.24) is 5.32 Å². The largest absolute Gasteiger partial charge is 0.389 e. The third-order valence-corrected chi connectivity index (χ3v) is 4.16. The van der Waals surface area contributed by atoms with E-state index in [1.165, 1.54) is 38.5 Å². The van der Waals surface area contributed by atoms with Crippen molar-refractivity contribution in [2.24, 2.45) is 0 Å². The molecule has 1 aliphatic heterocycles. The maximum Gasteiger partial charge on any atom is 0.0771 e. The second-order valence-electron chi connectivity index (χ2n) is 5.74. The molecule has 17 heavy (non-hydrogen) atoms. The predicted molar refractivity (Wildman–Crippen MR) is 69.1 cm³/mol. The summed E-state index contributed by atoms with van der Waals surface area (Å²) in [7, 11) is 0. The molecule has 0 aromatic heterocycles. The highest BCUT2D eigenvalue weighted by Crippen LogP contribution is 2.26. The Labute approximate surface area is 105 Å². The van der Waals surface area contributed by atoms with Gasteiger partial charge in [0.25, 0.3) is 0 Å². The molecule has 3 heteroatoms. The van der Waals surface area contributed by atoms with Crippen molar-refractivity contribution >= 4 is 0 Å². The van der Waals surface area contributed by atoms with Crippen LogP contribution >= 0.6 is 0 Å². The van der Waals surface area contributed by atoms with E-state index in [1.807, 2.05) is 0 Å². The van der Waals surface area contributed by atoms with Gasteiger partial charge in [0.2, 0.25) is 0 Å². The first-order chi connectivity index (χ1) is 8.29. The average molecular weight is 241 g/mol. The highest BCUT2D eigenvalue weighted by molar-refractivity contribution is 4.83. The van der Waals surface area contributed by atoms with Gasteiger partial charge in [-0.2, -0.15) is 0 Å². The Bertz CT molecular complexity index is 206. The lowest BCUT2D eigenvalue weighted by molar-refractivity contribution is 0.0240. The van der Waals surface area contributed by atoms with E-state index < -0.39 is 5.60 Å². The van der Waals surface area contributed by atoms with E-state index in [4.69, 9.17) is 4.74 Å². The van der Waals surface area contributed by atoms with Crippen LogP contribution in [0.15, 0.2) is 0 Å². The molecule has 3 nitrogen and oxygen atoms in total. The number of nitrogens with one attached hydrogen (secondary N) is 1. The molecule has 1 atom stereocenters. The zero-order valence-electron chi connectivity index (χ0n) is 10.9. The van der Waals surface area contributed by atoms with Crippen molar-refractivity contribution in [2.75, 3.05) is 19.7 Å². The van der Waals surface area contributed by atoms with Gasteiger partial charge in [-0.3, -0.25) is 0 Å². The molecule has 0 aromatic rings. The van der Waals surface area contributed by atoms with Crippen LogP contribution in [0.4, 0.5) is 0 Å². The number of ether oxygens (including phenoxy) is 1. The molecule has 2 N–H and O–H groups in total. The minimum absolute atomic E-state index is 0.437. The van der Waals surface area contributed by atoms with Crippen molar-refractivity contribution in [1.29, 1.82) is 0 Å². The molecular formula is C14H27NO2. The van der Waals surface area contributed by atoms with Crippen LogP contribution in [0.2, 0.25) is 0 Å². The van der Waals surface area contributed by atoms with E-state index in [2.05, 4.69) is 5.32 Å². The molecule has 1 heterocycles. The summed E-state index contributed by atoms with van der Waals surface area (Å²) in [5.41, 5.74) is -0.437. The first-order valence-electron chi connectivity index (χ1n) is 7.33. The van der Waals surface area contributed by atoms with Crippen molar-refractivity contribution in [3.63, 3.8) is 0 Å². The first-order valence-corrected chi connectivity index (χ1v) is 7.33. The Hall–Kier alpha value is -0.120. The second kappa shape index (κ2) is 6.72. The molecular weight excluding hydrogens is 214 g/mol. The Morgan fingerprint density at radius 3 is 2.53 bits per heavy atom. The molecule has 1 aliphatic carbocycles. The lowest BCUT2D eigenvalue weighted by atomic mass is 9.94. The maximum absolute atomic E-state index is 10.4. The van der Waals surface area contributed by atoms with Gasteiger partial charge in [-0.1, -0.05) is 25.7 Å². The lowest BCUT2D eigenvalue weighted by Crippen LogP contribution is -2.41. The zero-order valence-corrected chi connectivity index (χ0v) is 10.9. The van der Waals surface area contributed by atoms with Gasteiger partial charge >= 0.3 is 0 Å². The van der Waals surface area contributed by atoms with Crippen LogP contribution < -0.4 is 5.32 Å². The number of aliphatic hydroxyl groups is 1. The summed E-state index contributed by atoms with van der Waals surface area (Å²) in [6, 6.07) is 0. The fourth-order valence-corrected chi connectivity index (χ4v) is 3.02. The van der Waals surface area contributed by atoms with Crippen molar-refractivity contribution < 1.29 is 9.84 Å². The van der Waals surface area contributed by atoms with Crippen LogP contribution in [0.1, 0.15) is 57.8 Å². The molecule has 2 rings (SSSR count). The van der Waals surface area contributed by atoms with Gasteiger partial charge in [-0.05, 0) is 38.6 Å². The molecule has 0 aromatic carbocycles. The van der Waals surface area contributed by atoms with E-state index in [1.54, 1.807) is 0 Å². The van der Waals surface area contributed by atoms with Crippen LogP contribution in [0.25, 0.3) is 0 Å².